The summed E-state index contributed by atoms with van der Waals surface area (Å²) in [5.41, 5.74) is 1.42. The molecule has 2 rings (SSSR count). The van der Waals surface area contributed by atoms with Crippen molar-refractivity contribution in [2.24, 2.45) is 0 Å². The monoisotopic (exact) mass is 328 g/mol. The van der Waals surface area contributed by atoms with Crippen LogP contribution in [-0.4, -0.2) is 10.9 Å². The average Bonchev–Trinajstić information content (AvgIpc) is 2.81. The van der Waals surface area contributed by atoms with Crippen molar-refractivity contribution in [2.75, 3.05) is 7.11 Å². The maximum Gasteiger partial charge on any atom is 0.222 e. The first-order valence-corrected chi connectivity index (χ1v) is 5.72. The topological polar surface area (TPSA) is 39.4 Å². The van der Waals surface area contributed by atoms with Crippen LogP contribution in [0.5, 0.6) is 5.75 Å². The number of carbonyl (C=O) groups is 1. The summed E-state index contributed by atoms with van der Waals surface area (Å²) in [5, 5.41) is 0. The fourth-order valence-corrected chi connectivity index (χ4v) is 1.79. The molecule has 82 valence electrons. The second kappa shape index (κ2) is 4.69. The van der Waals surface area contributed by atoms with Gasteiger partial charge in [0.05, 0.1) is 18.9 Å². The molecule has 3 nitrogen and oxygen atoms in total. The van der Waals surface area contributed by atoms with Crippen LogP contribution in [0, 0.1) is 0 Å². The van der Waals surface area contributed by atoms with Gasteiger partial charge in [-0.15, -0.1) is 0 Å². The van der Waals surface area contributed by atoms with E-state index in [0.717, 1.165) is 5.56 Å². The van der Waals surface area contributed by atoms with Gasteiger partial charge < -0.3 is 9.15 Å². The van der Waals surface area contributed by atoms with Crippen LogP contribution < -0.4 is 4.74 Å². The van der Waals surface area contributed by atoms with Gasteiger partial charge >= 0.3 is 0 Å². The molecule has 0 atom stereocenters. The lowest BCUT2D eigenvalue weighted by atomic mass is 10.1. The third kappa shape index (κ3) is 2.11. The number of furan rings is 1. The average molecular weight is 328 g/mol. The number of rotatable bonds is 3. The predicted molar refractivity (Wildman–Crippen MR) is 69.0 cm³/mol. The molecule has 0 amide bonds. The molecule has 0 radical (unpaired) electrons. The molecule has 0 aliphatic carbocycles. The molecular weight excluding hydrogens is 319 g/mol. The lowest BCUT2D eigenvalue weighted by Crippen LogP contribution is -1.92. The van der Waals surface area contributed by atoms with E-state index in [0.29, 0.717) is 17.1 Å². The number of hydrogen-bond acceptors (Lipinski definition) is 3. The Bertz CT molecular complexity index is 503. The molecule has 0 bridgehead atoms. The van der Waals surface area contributed by atoms with Crippen LogP contribution in [0.3, 0.4) is 0 Å². The highest BCUT2D eigenvalue weighted by atomic mass is 127. The highest BCUT2D eigenvalue weighted by Crippen LogP contribution is 2.31. The molecule has 0 aliphatic heterocycles. The van der Waals surface area contributed by atoms with Crippen molar-refractivity contribution in [1.82, 2.24) is 0 Å². The Kier molecular flexibility index (Phi) is 3.28. The lowest BCUT2D eigenvalue weighted by molar-refractivity contribution is 0.110. The highest BCUT2D eigenvalue weighted by Gasteiger charge is 2.11. The number of ether oxygens (including phenoxy) is 1. The van der Waals surface area contributed by atoms with Crippen molar-refractivity contribution in [1.29, 1.82) is 0 Å². The van der Waals surface area contributed by atoms with Crippen LogP contribution in [0.1, 0.15) is 10.4 Å². The fourth-order valence-electron chi connectivity index (χ4n) is 1.45. The van der Waals surface area contributed by atoms with Gasteiger partial charge in [-0.25, -0.2) is 0 Å². The van der Waals surface area contributed by atoms with E-state index >= 15 is 0 Å². The molecule has 2 aromatic rings. The van der Waals surface area contributed by atoms with Gasteiger partial charge in [0.1, 0.15) is 11.5 Å². The molecule has 1 aromatic carbocycles. The summed E-state index contributed by atoms with van der Waals surface area (Å²) in [7, 11) is 1.59. The van der Waals surface area contributed by atoms with Crippen molar-refractivity contribution in [3.05, 3.63) is 42.2 Å². The number of hydrogen-bond donors (Lipinski definition) is 0. The van der Waals surface area contributed by atoms with Crippen LogP contribution in [0.25, 0.3) is 11.3 Å². The molecule has 0 saturated carbocycles. The minimum atomic E-state index is -0.00643. The molecule has 0 saturated heterocycles. The minimum Gasteiger partial charge on any atom is -0.496 e. The molecule has 0 aliphatic rings. The first kappa shape index (κ1) is 11.2. The number of methoxy groups -OCH3 is 1. The van der Waals surface area contributed by atoms with E-state index < -0.39 is 0 Å². The number of benzene rings is 1. The summed E-state index contributed by atoms with van der Waals surface area (Å²) in [4.78, 5) is 11.3. The standard InChI is InChI=1S/C12H9IO3/c1-15-10-5-4-8(12(13)14)7-9(10)11-3-2-6-16-11/h2-7H,1H3. The molecule has 1 aromatic heterocycles. The van der Waals surface area contributed by atoms with Gasteiger partial charge in [-0.3, -0.25) is 4.79 Å². The second-order valence-electron chi connectivity index (χ2n) is 3.17. The summed E-state index contributed by atoms with van der Waals surface area (Å²) in [6, 6.07) is 8.91. The van der Waals surface area contributed by atoms with Crippen LogP contribution in [0.2, 0.25) is 0 Å². The Morgan fingerprint density at radius 2 is 2.19 bits per heavy atom. The Morgan fingerprint density at radius 1 is 1.38 bits per heavy atom. The van der Waals surface area contributed by atoms with Crippen molar-refractivity contribution in [3.8, 4) is 17.1 Å². The number of halogens is 1. The van der Waals surface area contributed by atoms with Gasteiger partial charge in [0, 0.05) is 28.2 Å². The van der Waals surface area contributed by atoms with Crippen molar-refractivity contribution < 1.29 is 13.9 Å². The Morgan fingerprint density at radius 3 is 2.75 bits per heavy atom. The summed E-state index contributed by atoms with van der Waals surface area (Å²) in [6.07, 6.45) is 1.59. The van der Waals surface area contributed by atoms with Gasteiger partial charge in [-0.05, 0) is 30.3 Å². The normalized spacial score (nSPS) is 10.1. The van der Waals surface area contributed by atoms with Crippen LogP contribution in [0.4, 0.5) is 0 Å². The maximum atomic E-state index is 11.3. The van der Waals surface area contributed by atoms with Gasteiger partial charge in [0.25, 0.3) is 0 Å². The first-order chi connectivity index (χ1) is 7.72. The van der Waals surface area contributed by atoms with E-state index in [1.54, 1.807) is 60.2 Å². The smallest absolute Gasteiger partial charge is 0.222 e. The zero-order valence-corrected chi connectivity index (χ0v) is 10.7. The molecule has 4 heteroatoms. The molecule has 0 spiro atoms. The summed E-state index contributed by atoms with van der Waals surface area (Å²) < 4.78 is 10.5. The Labute approximate surface area is 107 Å². The van der Waals surface area contributed by atoms with E-state index in [-0.39, 0.29) is 3.79 Å². The van der Waals surface area contributed by atoms with E-state index in [9.17, 15) is 4.79 Å². The summed E-state index contributed by atoms with van der Waals surface area (Å²) in [5.74, 6) is 1.38. The molecule has 16 heavy (non-hydrogen) atoms. The zero-order chi connectivity index (χ0) is 11.5. The van der Waals surface area contributed by atoms with Gasteiger partial charge in [0.2, 0.25) is 3.79 Å². The Balaban J connectivity index is 2.56. The maximum absolute atomic E-state index is 11.3. The molecule has 1 heterocycles. The quantitative estimate of drug-likeness (QED) is 0.639. The van der Waals surface area contributed by atoms with Crippen molar-refractivity contribution in [3.63, 3.8) is 0 Å². The van der Waals surface area contributed by atoms with Gasteiger partial charge in [-0.1, -0.05) is 0 Å². The van der Waals surface area contributed by atoms with Crippen LogP contribution >= 0.6 is 22.6 Å². The molecule has 0 unspecified atom stereocenters. The SMILES string of the molecule is COc1ccc(C(=O)I)cc1-c1ccco1. The number of carbonyl (C=O) groups excluding carboxylic acids is 1. The molecular formula is C12H9IO3. The minimum absolute atomic E-state index is 0.00643. The fraction of sp³-hybridized carbons (Fsp3) is 0.0833. The van der Waals surface area contributed by atoms with E-state index in [1.165, 1.54) is 0 Å². The van der Waals surface area contributed by atoms with Crippen molar-refractivity contribution >= 4 is 26.4 Å². The zero-order valence-electron chi connectivity index (χ0n) is 8.57. The van der Waals surface area contributed by atoms with Crippen molar-refractivity contribution in [2.45, 2.75) is 0 Å². The van der Waals surface area contributed by atoms with Crippen LogP contribution in [0.15, 0.2) is 41.0 Å². The van der Waals surface area contributed by atoms with E-state index in [4.69, 9.17) is 9.15 Å². The molecule has 0 fully saturated rings. The third-order valence-electron chi connectivity index (χ3n) is 2.21. The third-order valence-corrected chi connectivity index (χ3v) is 2.84. The summed E-state index contributed by atoms with van der Waals surface area (Å²) >= 11 is 1.76. The Hall–Kier alpha value is -1.30. The van der Waals surface area contributed by atoms with E-state index in [2.05, 4.69) is 0 Å². The largest absolute Gasteiger partial charge is 0.496 e. The summed E-state index contributed by atoms with van der Waals surface area (Å²) in [6.45, 7) is 0. The highest BCUT2D eigenvalue weighted by molar-refractivity contribution is 14.1. The van der Waals surface area contributed by atoms with Gasteiger partial charge in [-0.2, -0.15) is 0 Å². The first-order valence-electron chi connectivity index (χ1n) is 4.64. The van der Waals surface area contributed by atoms with Gasteiger partial charge in [0.15, 0.2) is 0 Å². The van der Waals surface area contributed by atoms with Crippen LogP contribution in [-0.2, 0) is 0 Å². The lowest BCUT2D eigenvalue weighted by Gasteiger charge is -2.07. The second-order valence-corrected chi connectivity index (χ2v) is 4.15. The molecule has 0 N–H and O–H groups in total. The van der Waals surface area contributed by atoms with E-state index in [1.807, 2.05) is 6.07 Å². The predicted octanol–water partition coefficient (Wildman–Crippen LogP) is 3.53.